The quantitative estimate of drug-likeness (QED) is 0.839. The molecule has 0 spiro atoms. The maximum Gasteiger partial charge on any atom is 0.254 e. The van der Waals surface area contributed by atoms with E-state index in [9.17, 15) is 4.79 Å². The first kappa shape index (κ1) is 13.6. The minimum Gasteiger partial charge on any atom is -0.398 e. The lowest BCUT2D eigenvalue weighted by molar-refractivity contribution is 0.0947. The first-order valence-corrected chi connectivity index (χ1v) is 7.61. The van der Waals surface area contributed by atoms with Crippen molar-refractivity contribution in [3.8, 4) is 0 Å². The second-order valence-electron chi connectivity index (χ2n) is 4.47. The fourth-order valence-corrected chi connectivity index (χ4v) is 3.53. The van der Waals surface area contributed by atoms with Crippen LogP contribution >= 0.6 is 23.4 Å². The summed E-state index contributed by atoms with van der Waals surface area (Å²) in [6, 6.07) is 5.12. The molecule has 0 radical (unpaired) electrons. The Kier molecular flexibility index (Phi) is 4.78. The van der Waals surface area contributed by atoms with Crippen LogP contribution in [0.1, 0.15) is 23.2 Å². The summed E-state index contributed by atoms with van der Waals surface area (Å²) >= 11 is 7.98. The standard InChI is InChI=1S/C13H17ClN2OS/c14-10-2-1-3-11(15)12(10)13(17)16-8-9-4-6-18-7-5-9/h1-3,9H,4-8,15H2,(H,16,17). The number of benzene rings is 1. The number of amides is 1. The Morgan fingerprint density at radius 2 is 2.17 bits per heavy atom. The van der Waals surface area contributed by atoms with E-state index in [1.165, 1.54) is 24.3 Å². The Hall–Kier alpha value is -0.870. The highest BCUT2D eigenvalue weighted by Crippen LogP contribution is 2.24. The molecule has 1 amide bonds. The Bertz CT molecular complexity index is 413. The van der Waals surface area contributed by atoms with Crippen LogP contribution in [-0.4, -0.2) is 24.0 Å². The maximum atomic E-state index is 12.0. The fraction of sp³-hybridized carbons (Fsp3) is 0.462. The first-order valence-electron chi connectivity index (χ1n) is 6.08. The number of halogens is 1. The molecule has 1 aromatic rings. The molecular weight excluding hydrogens is 268 g/mol. The molecule has 1 saturated heterocycles. The third kappa shape index (κ3) is 3.33. The number of thioether (sulfide) groups is 1. The van der Waals surface area contributed by atoms with Crippen LogP contribution in [0.3, 0.4) is 0 Å². The van der Waals surface area contributed by atoms with E-state index in [2.05, 4.69) is 5.32 Å². The predicted octanol–water partition coefficient (Wildman–Crippen LogP) is 2.80. The van der Waals surface area contributed by atoms with Crippen LogP contribution in [0.5, 0.6) is 0 Å². The molecule has 0 unspecified atom stereocenters. The van der Waals surface area contributed by atoms with Gasteiger partial charge in [0.05, 0.1) is 10.6 Å². The van der Waals surface area contributed by atoms with Gasteiger partial charge in [0, 0.05) is 12.2 Å². The first-order chi connectivity index (χ1) is 8.68. The van der Waals surface area contributed by atoms with E-state index in [4.69, 9.17) is 17.3 Å². The van der Waals surface area contributed by atoms with Gasteiger partial charge in [0.2, 0.25) is 0 Å². The molecule has 1 aliphatic heterocycles. The molecule has 18 heavy (non-hydrogen) atoms. The van der Waals surface area contributed by atoms with Crippen molar-refractivity contribution in [1.29, 1.82) is 0 Å². The van der Waals surface area contributed by atoms with Gasteiger partial charge >= 0.3 is 0 Å². The third-order valence-corrected chi connectivity index (χ3v) is 4.53. The SMILES string of the molecule is Nc1cccc(Cl)c1C(=O)NCC1CCSCC1. The second-order valence-corrected chi connectivity index (χ2v) is 6.10. The molecular formula is C13H17ClN2OS. The zero-order valence-electron chi connectivity index (χ0n) is 10.1. The number of hydrogen-bond donors (Lipinski definition) is 2. The monoisotopic (exact) mass is 284 g/mol. The molecule has 1 aliphatic rings. The van der Waals surface area contributed by atoms with Gasteiger partial charge in [-0.2, -0.15) is 11.8 Å². The number of carbonyl (C=O) groups is 1. The number of nitrogen functional groups attached to an aromatic ring is 1. The summed E-state index contributed by atoms with van der Waals surface area (Å²) < 4.78 is 0. The highest BCUT2D eigenvalue weighted by molar-refractivity contribution is 7.99. The number of carbonyl (C=O) groups excluding carboxylic acids is 1. The molecule has 1 heterocycles. The molecule has 2 rings (SSSR count). The van der Waals surface area contributed by atoms with Gasteiger partial charge < -0.3 is 11.1 Å². The molecule has 1 aromatic carbocycles. The van der Waals surface area contributed by atoms with Crippen LogP contribution in [0, 0.1) is 5.92 Å². The molecule has 0 atom stereocenters. The largest absolute Gasteiger partial charge is 0.398 e. The van der Waals surface area contributed by atoms with Gasteiger partial charge in [0.1, 0.15) is 0 Å². The van der Waals surface area contributed by atoms with Gasteiger partial charge in [-0.1, -0.05) is 17.7 Å². The minimum absolute atomic E-state index is 0.170. The minimum atomic E-state index is -0.170. The lowest BCUT2D eigenvalue weighted by Crippen LogP contribution is -2.31. The van der Waals surface area contributed by atoms with Crippen molar-refractivity contribution < 1.29 is 4.79 Å². The van der Waals surface area contributed by atoms with E-state index in [-0.39, 0.29) is 5.91 Å². The predicted molar refractivity (Wildman–Crippen MR) is 78.2 cm³/mol. The zero-order chi connectivity index (χ0) is 13.0. The molecule has 3 nitrogen and oxygen atoms in total. The summed E-state index contributed by atoms with van der Waals surface area (Å²) in [4.78, 5) is 12.0. The maximum absolute atomic E-state index is 12.0. The van der Waals surface area contributed by atoms with E-state index in [0.29, 0.717) is 28.7 Å². The highest BCUT2D eigenvalue weighted by Gasteiger charge is 2.17. The lowest BCUT2D eigenvalue weighted by Gasteiger charge is -2.21. The Morgan fingerprint density at radius 1 is 1.44 bits per heavy atom. The smallest absolute Gasteiger partial charge is 0.254 e. The van der Waals surface area contributed by atoms with Gasteiger partial charge in [-0.15, -0.1) is 0 Å². The number of nitrogens with one attached hydrogen (secondary N) is 1. The van der Waals surface area contributed by atoms with Crippen LogP contribution in [0.15, 0.2) is 18.2 Å². The molecule has 98 valence electrons. The topological polar surface area (TPSA) is 55.1 Å². The van der Waals surface area contributed by atoms with Gasteiger partial charge in [-0.25, -0.2) is 0 Å². The molecule has 0 aliphatic carbocycles. The van der Waals surface area contributed by atoms with Crippen LogP contribution in [0.4, 0.5) is 5.69 Å². The molecule has 0 bridgehead atoms. The van der Waals surface area contributed by atoms with Crippen molar-refractivity contribution in [2.24, 2.45) is 5.92 Å². The molecule has 0 saturated carbocycles. The average molecular weight is 285 g/mol. The van der Waals surface area contributed by atoms with Gasteiger partial charge in [-0.05, 0) is 42.4 Å². The molecule has 0 aromatic heterocycles. The summed E-state index contributed by atoms with van der Waals surface area (Å²) in [6.07, 6.45) is 2.34. The Labute approximate surface area is 116 Å². The number of rotatable bonds is 3. The average Bonchev–Trinajstić information content (AvgIpc) is 2.37. The summed E-state index contributed by atoms with van der Waals surface area (Å²) in [7, 11) is 0. The lowest BCUT2D eigenvalue weighted by atomic mass is 10.0. The number of hydrogen-bond acceptors (Lipinski definition) is 3. The molecule has 1 fully saturated rings. The zero-order valence-corrected chi connectivity index (χ0v) is 11.7. The van der Waals surface area contributed by atoms with Gasteiger partial charge in [-0.3, -0.25) is 4.79 Å². The van der Waals surface area contributed by atoms with Crippen LogP contribution in [-0.2, 0) is 0 Å². The van der Waals surface area contributed by atoms with Crippen molar-refractivity contribution in [2.45, 2.75) is 12.8 Å². The summed E-state index contributed by atoms with van der Waals surface area (Å²) in [5, 5.41) is 3.35. The van der Waals surface area contributed by atoms with Crippen LogP contribution in [0.2, 0.25) is 5.02 Å². The van der Waals surface area contributed by atoms with Crippen molar-refractivity contribution >= 4 is 35.0 Å². The fourth-order valence-electron chi connectivity index (χ4n) is 2.06. The number of nitrogens with two attached hydrogens (primary N) is 1. The van der Waals surface area contributed by atoms with E-state index in [1.54, 1.807) is 18.2 Å². The van der Waals surface area contributed by atoms with E-state index in [1.807, 2.05) is 11.8 Å². The summed E-state index contributed by atoms with van der Waals surface area (Å²) in [5.74, 6) is 2.79. The Balaban J connectivity index is 1.95. The van der Waals surface area contributed by atoms with Crippen molar-refractivity contribution in [3.63, 3.8) is 0 Å². The van der Waals surface area contributed by atoms with Crippen molar-refractivity contribution in [1.82, 2.24) is 5.32 Å². The van der Waals surface area contributed by atoms with E-state index in [0.717, 1.165) is 0 Å². The van der Waals surface area contributed by atoms with E-state index < -0.39 is 0 Å². The number of anilines is 1. The molecule has 5 heteroatoms. The van der Waals surface area contributed by atoms with Crippen molar-refractivity contribution in [3.05, 3.63) is 28.8 Å². The molecule has 3 N–H and O–H groups in total. The van der Waals surface area contributed by atoms with Crippen molar-refractivity contribution in [2.75, 3.05) is 23.8 Å². The van der Waals surface area contributed by atoms with Gasteiger partial charge in [0.25, 0.3) is 5.91 Å². The third-order valence-electron chi connectivity index (χ3n) is 3.17. The highest BCUT2D eigenvalue weighted by atomic mass is 35.5. The van der Waals surface area contributed by atoms with Gasteiger partial charge in [0.15, 0.2) is 0 Å². The van der Waals surface area contributed by atoms with Crippen LogP contribution in [0.25, 0.3) is 0 Å². The Morgan fingerprint density at radius 3 is 2.83 bits per heavy atom. The van der Waals surface area contributed by atoms with E-state index >= 15 is 0 Å². The van der Waals surface area contributed by atoms with Crippen LogP contribution < -0.4 is 11.1 Å². The summed E-state index contributed by atoms with van der Waals surface area (Å²) in [6.45, 7) is 0.712. The summed E-state index contributed by atoms with van der Waals surface area (Å²) in [5.41, 5.74) is 6.61. The normalized spacial score (nSPS) is 16.5. The second kappa shape index (κ2) is 6.34.